The summed E-state index contributed by atoms with van der Waals surface area (Å²) in [6, 6.07) is 2.81. The van der Waals surface area contributed by atoms with Crippen LogP contribution >= 0.6 is 0 Å². The van der Waals surface area contributed by atoms with Crippen LogP contribution in [-0.2, 0) is 6.42 Å². The van der Waals surface area contributed by atoms with E-state index in [0.717, 1.165) is 6.42 Å². The quantitative estimate of drug-likeness (QED) is 0.756. The van der Waals surface area contributed by atoms with Crippen LogP contribution in [0.4, 0.5) is 15.8 Å². The second-order valence-electron chi connectivity index (χ2n) is 4.23. The predicted molar refractivity (Wildman–Crippen MR) is 73.1 cm³/mol. The van der Waals surface area contributed by atoms with E-state index in [0.29, 0.717) is 36.8 Å². The molecule has 2 aromatic rings. The van der Waals surface area contributed by atoms with Gasteiger partial charge in [-0.25, -0.2) is 4.39 Å². The molecule has 1 aromatic carbocycles. The van der Waals surface area contributed by atoms with Gasteiger partial charge < -0.3 is 20.3 Å². The minimum Gasteiger partial charge on any atom is -0.490 e. The van der Waals surface area contributed by atoms with Gasteiger partial charge in [-0.15, -0.1) is 0 Å². The highest BCUT2D eigenvalue weighted by molar-refractivity contribution is 5.68. The van der Waals surface area contributed by atoms with E-state index < -0.39 is 5.82 Å². The Balaban J connectivity index is 1.99. The number of anilines is 2. The van der Waals surface area contributed by atoms with E-state index in [4.69, 9.17) is 15.0 Å². The van der Waals surface area contributed by atoms with Gasteiger partial charge in [-0.1, -0.05) is 12.1 Å². The summed E-state index contributed by atoms with van der Waals surface area (Å²) in [5, 5.41) is 6.61. The number of nitrogens with zero attached hydrogens (tertiary/aromatic N) is 2. The number of hydrogen-bond acceptors (Lipinski definition) is 6. The van der Waals surface area contributed by atoms with Gasteiger partial charge in [0.15, 0.2) is 17.9 Å². The fourth-order valence-electron chi connectivity index (χ4n) is 1.65. The van der Waals surface area contributed by atoms with Gasteiger partial charge >= 0.3 is 0 Å². The van der Waals surface area contributed by atoms with Gasteiger partial charge in [0.25, 0.3) is 0 Å². The third-order valence-electron chi connectivity index (χ3n) is 2.63. The van der Waals surface area contributed by atoms with Crippen molar-refractivity contribution in [2.75, 3.05) is 24.2 Å². The summed E-state index contributed by atoms with van der Waals surface area (Å²) in [4.78, 5) is 3.91. The van der Waals surface area contributed by atoms with E-state index in [1.54, 1.807) is 6.07 Å². The standard InChI is InChI=1S/C13H17FN4O2/c1-2-5-19-12-7-11(10(15)6-9(12)14)16-4-3-13-17-8-18-20-13/h6-8,16H,2-5,15H2,1H3. The Hall–Kier alpha value is -2.31. The van der Waals surface area contributed by atoms with E-state index in [-0.39, 0.29) is 5.75 Å². The van der Waals surface area contributed by atoms with Gasteiger partial charge in [-0.3, -0.25) is 0 Å². The molecule has 108 valence electrons. The summed E-state index contributed by atoms with van der Waals surface area (Å²) in [7, 11) is 0. The van der Waals surface area contributed by atoms with Crippen LogP contribution in [0.5, 0.6) is 5.75 Å². The van der Waals surface area contributed by atoms with E-state index in [9.17, 15) is 4.39 Å². The lowest BCUT2D eigenvalue weighted by molar-refractivity contribution is 0.301. The number of hydrogen-bond donors (Lipinski definition) is 2. The fraction of sp³-hybridized carbons (Fsp3) is 0.385. The molecular weight excluding hydrogens is 263 g/mol. The highest BCUT2D eigenvalue weighted by atomic mass is 19.1. The summed E-state index contributed by atoms with van der Waals surface area (Å²) in [6.45, 7) is 2.96. The van der Waals surface area contributed by atoms with Crippen molar-refractivity contribution >= 4 is 11.4 Å². The lowest BCUT2D eigenvalue weighted by Crippen LogP contribution is -2.08. The number of nitrogens with two attached hydrogens (primary N) is 1. The maximum Gasteiger partial charge on any atom is 0.228 e. The molecule has 0 aliphatic carbocycles. The molecule has 20 heavy (non-hydrogen) atoms. The van der Waals surface area contributed by atoms with Crippen molar-refractivity contribution in [1.29, 1.82) is 0 Å². The molecule has 0 amide bonds. The van der Waals surface area contributed by atoms with Gasteiger partial charge in [-0.2, -0.15) is 4.98 Å². The number of nitrogen functional groups attached to an aromatic ring is 1. The molecule has 6 nitrogen and oxygen atoms in total. The Bertz CT molecular complexity index is 546. The highest BCUT2D eigenvalue weighted by Gasteiger charge is 2.09. The number of aromatic nitrogens is 2. The van der Waals surface area contributed by atoms with Gasteiger partial charge in [0.1, 0.15) is 0 Å². The van der Waals surface area contributed by atoms with Crippen molar-refractivity contribution in [3.8, 4) is 5.75 Å². The van der Waals surface area contributed by atoms with Crippen LogP contribution in [0.15, 0.2) is 23.0 Å². The summed E-state index contributed by atoms with van der Waals surface area (Å²) in [5.41, 5.74) is 6.72. The van der Waals surface area contributed by atoms with Crippen LogP contribution in [0, 0.1) is 5.82 Å². The number of halogens is 1. The molecule has 3 N–H and O–H groups in total. The number of rotatable bonds is 7. The van der Waals surface area contributed by atoms with Gasteiger partial charge in [0, 0.05) is 25.1 Å². The third-order valence-corrected chi connectivity index (χ3v) is 2.63. The van der Waals surface area contributed by atoms with E-state index >= 15 is 0 Å². The molecule has 2 rings (SSSR count). The molecule has 0 aliphatic rings. The molecule has 0 bridgehead atoms. The largest absolute Gasteiger partial charge is 0.490 e. The van der Waals surface area contributed by atoms with Crippen LogP contribution in [0.25, 0.3) is 0 Å². The van der Waals surface area contributed by atoms with Crippen molar-refractivity contribution < 1.29 is 13.7 Å². The zero-order valence-electron chi connectivity index (χ0n) is 11.2. The molecular formula is C13H17FN4O2. The van der Waals surface area contributed by atoms with E-state index in [1.807, 2.05) is 6.92 Å². The molecule has 0 fully saturated rings. The number of ether oxygens (including phenoxy) is 1. The van der Waals surface area contributed by atoms with Gasteiger partial charge in [0.2, 0.25) is 5.89 Å². The van der Waals surface area contributed by atoms with Crippen LogP contribution in [0.2, 0.25) is 0 Å². The van der Waals surface area contributed by atoms with Crippen molar-refractivity contribution in [1.82, 2.24) is 10.1 Å². The van der Waals surface area contributed by atoms with Crippen molar-refractivity contribution in [3.05, 3.63) is 30.2 Å². The summed E-state index contributed by atoms with van der Waals surface area (Å²) in [5.74, 6) is 0.264. The lowest BCUT2D eigenvalue weighted by atomic mass is 10.2. The minimum absolute atomic E-state index is 0.196. The summed E-state index contributed by atoms with van der Waals surface area (Å²) < 4.78 is 23.8. The Labute approximate surface area is 116 Å². The molecule has 0 spiro atoms. The smallest absolute Gasteiger partial charge is 0.228 e. The predicted octanol–water partition coefficient (Wildman–Crippen LogP) is 2.23. The number of benzene rings is 1. The van der Waals surface area contributed by atoms with Crippen molar-refractivity contribution in [2.24, 2.45) is 0 Å². The summed E-state index contributed by atoms with van der Waals surface area (Å²) in [6.07, 6.45) is 2.71. The molecule has 0 aliphatic heterocycles. The molecule has 0 saturated carbocycles. The SMILES string of the molecule is CCCOc1cc(NCCc2ncno2)c(N)cc1F. The fourth-order valence-corrected chi connectivity index (χ4v) is 1.65. The number of nitrogens with one attached hydrogen (secondary N) is 1. The van der Waals surface area contributed by atoms with Crippen LogP contribution in [0.1, 0.15) is 19.2 Å². The van der Waals surface area contributed by atoms with E-state index in [2.05, 4.69) is 15.5 Å². The Kier molecular flexibility index (Phi) is 4.75. The second kappa shape index (κ2) is 6.74. The van der Waals surface area contributed by atoms with Crippen molar-refractivity contribution in [2.45, 2.75) is 19.8 Å². The maximum absolute atomic E-state index is 13.6. The third kappa shape index (κ3) is 3.59. The van der Waals surface area contributed by atoms with E-state index in [1.165, 1.54) is 12.4 Å². The average Bonchev–Trinajstić information content (AvgIpc) is 2.93. The monoisotopic (exact) mass is 280 g/mol. The highest BCUT2D eigenvalue weighted by Crippen LogP contribution is 2.28. The first-order valence-corrected chi connectivity index (χ1v) is 6.42. The molecule has 1 heterocycles. The zero-order chi connectivity index (χ0) is 14.4. The zero-order valence-corrected chi connectivity index (χ0v) is 11.2. The first kappa shape index (κ1) is 14.1. The second-order valence-corrected chi connectivity index (χ2v) is 4.23. The first-order chi connectivity index (χ1) is 9.70. The van der Waals surface area contributed by atoms with Gasteiger partial charge in [-0.05, 0) is 6.42 Å². The molecule has 0 radical (unpaired) electrons. The topological polar surface area (TPSA) is 86.2 Å². The molecule has 0 atom stereocenters. The molecule has 1 aromatic heterocycles. The average molecular weight is 280 g/mol. The molecule has 0 saturated heterocycles. The van der Waals surface area contributed by atoms with Gasteiger partial charge in [0.05, 0.1) is 18.0 Å². The summed E-state index contributed by atoms with van der Waals surface area (Å²) >= 11 is 0. The Morgan fingerprint density at radius 2 is 2.30 bits per heavy atom. The Morgan fingerprint density at radius 3 is 3.00 bits per heavy atom. The maximum atomic E-state index is 13.6. The first-order valence-electron chi connectivity index (χ1n) is 6.42. The normalized spacial score (nSPS) is 10.5. The van der Waals surface area contributed by atoms with Crippen LogP contribution in [-0.4, -0.2) is 23.3 Å². The van der Waals surface area contributed by atoms with Crippen molar-refractivity contribution in [3.63, 3.8) is 0 Å². The van der Waals surface area contributed by atoms with Crippen LogP contribution < -0.4 is 15.8 Å². The Morgan fingerprint density at radius 1 is 1.45 bits per heavy atom. The minimum atomic E-state index is -0.460. The van der Waals surface area contributed by atoms with Crippen LogP contribution in [0.3, 0.4) is 0 Å². The molecule has 7 heteroatoms. The lowest BCUT2D eigenvalue weighted by Gasteiger charge is -2.12. The molecule has 0 unspecified atom stereocenters.